The van der Waals surface area contributed by atoms with Gasteiger partial charge >= 0.3 is 6.18 Å². The van der Waals surface area contributed by atoms with Crippen LogP contribution in [0.25, 0.3) is 0 Å². The van der Waals surface area contributed by atoms with Crippen LogP contribution in [0.2, 0.25) is 0 Å². The maximum absolute atomic E-state index is 13.6. The minimum atomic E-state index is -4.70. The number of benzene rings is 1. The lowest BCUT2D eigenvalue weighted by molar-refractivity contribution is -0.140. The summed E-state index contributed by atoms with van der Waals surface area (Å²) in [4.78, 5) is 0. The zero-order chi connectivity index (χ0) is 14.9. The van der Waals surface area contributed by atoms with Gasteiger partial charge in [-0.15, -0.1) is 11.3 Å². The van der Waals surface area contributed by atoms with Crippen LogP contribution in [-0.4, -0.2) is 0 Å². The number of nitrogens with one attached hydrogen (secondary N) is 1. The van der Waals surface area contributed by atoms with Crippen LogP contribution >= 0.6 is 33.9 Å². The number of hydrazine groups is 1. The lowest BCUT2D eigenvalue weighted by Crippen LogP contribution is -2.28. The molecule has 2 rings (SSSR count). The molecular weight excluding hydrogens is 407 g/mol. The van der Waals surface area contributed by atoms with E-state index in [0.717, 1.165) is 20.6 Å². The van der Waals surface area contributed by atoms with Gasteiger partial charge in [-0.1, -0.05) is 6.07 Å². The molecule has 1 aromatic carbocycles. The molecule has 1 unspecified atom stereocenters. The fourth-order valence-electron chi connectivity index (χ4n) is 1.80. The van der Waals surface area contributed by atoms with Crippen LogP contribution in [0.1, 0.15) is 22.7 Å². The summed E-state index contributed by atoms with van der Waals surface area (Å²) >= 11 is 3.59. The fourth-order valence-corrected chi connectivity index (χ4v) is 3.20. The van der Waals surface area contributed by atoms with Crippen molar-refractivity contribution < 1.29 is 17.6 Å². The van der Waals surface area contributed by atoms with E-state index in [-0.39, 0.29) is 0 Å². The Morgan fingerprint density at radius 1 is 1.20 bits per heavy atom. The minimum Gasteiger partial charge on any atom is -0.271 e. The van der Waals surface area contributed by atoms with E-state index < -0.39 is 23.6 Å². The predicted molar refractivity (Wildman–Crippen MR) is 77.6 cm³/mol. The van der Waals surface area contributed by atoms with Crippen molar-refractivity contribution in [3.63, 3.8) is 0 Å². The lowest BCUT2D eigenvalue weighted by atomic mass is 10.00. The predicted octanol–water partition coefficient (Wildman–Crippen LogP) is 4.06. The molecule has 0 aliphatic rings. The van der Waals surface area contributed by atoms with Crippen LogP contribution in [0.5, 0.6) is 0 Å². The normalized spacial score (nSPS) is 13.5. The largest absolute Gasteiger partial charge is 0.419 e. The average Bonchev–Trinajstić information content (AvgIpc) is 2.75. The summed E-state index contributed by atoms with van der Waals surface area (Å²) < 4.78 is 52.1. The number of hydrogen-bond donors (Lipinski definition) is 2. The lowest BCUT2D eigenvalue weighted by Gasteiger charge is -2.16. The molecule has 1 heterocycles. The van der Waals surface area contributed by atoms with Crippen LogP contribution in [0.15, 0.2) is 29.6 Å². The van der Waals surface area contributed by atoms with Crippen molar-refractivity contribution >= 4 is 33.9 Å². The van der Waals surface area contributed by atoms with Crippen LogP contribution in [-0.2, 0) is 6.18 Å². The summed E-state index contributed by atoms with van der Waals surface area (Å²) in [7, 11) is 0. The Labute approximate surface area is 130 Å². The van der Waals surface area contributed by atoms with Gasteiger partial charge in [0.05, 0.1) is 14.5 Å². The minimum absolute atomic E-state index is 0.340. The topological polar surface area (TPSA) is 38.0 Å². The molecule has 8 heteroatoms. The maximum atomic E-state index is 13.6. The van der Waals surface area contributed by atoms with Gasteiger partial charge in [0.1, 0.15) is 5.82 Å². The summed E-state index contributed by atoms with van der Waals surface area (Å²) in [6.07, 6.45) is -4.70. The maximum Gasteiger partial charge on any atom is 0.419 e. The summed E-state index contributed by atoms with van der Waals surface area (Å²) in [5, 5.41) is 1.82. The van der Waals surface area contributed by atoms with Crippen molar-refractivity contribution in [3.8, 4) is 0 Å². The van der Waals surface area contributed by atoms with E-state index in [0.29, 0.717) is 5.56 Å². The Balaban J connectivity index is 2.39. The third-order valence-corrected chi connectivity index (χ3v) is 4.53. The molecule has 20 heavy (non-hydrogen) atoms. The number of halogens is 5. The zero-order valence-electron chi connectivity index (χ0n) is 9.84. The molecule has 0 bridgehead atoms. The van der Waals surface area contributed by atoms with Crippen LogP contribution in [0.3, 0.4) is 0 Å². The third kappa shape index (κ3) is 3.30. The summed E-state index contributed by atoms with van der Waals surface area (Å²) in [5.74, 6) is 4.12. The van der Waals surface area contributed by atoms with Crippen molar-refractivity contribution in [1.82, 2.24) is 5.43 Å². The molecule has 0 saturated heterocycles. The van der Waals surface area contributed by atoms with Gasteiger partial charge in [-0.05, 0) is 57.3 Å². The first-order valence-corrected chi connectivity index (χ1v) is 7.35. The van der Waals surface area contributed by atoms with Crippen molar-refractivity contribution in [2.75, 3.05) is 0 Å². The molecule has 108 valence electrons. The van der Waals surface area contributed by atoms with Crippen molar-refractivity contribution in [2.24, 2.45) is 5.84 Å². The van der Waals surface area contributed by atoms with Gasteiger partial charge in [0.15, 0.2) is 0 Å². The quantitative estimate of drug-likeness (QED) is 0.343. The SMILES string of the molecule is NNC(c1csc(I)c1)c1ccc(C(F)(F)F)c(F)c1. The van der Waals surface area contributed by atoms with Crippen LogP contribution in [0.4, 0.5) is 17.6 Å². The summed E-state index contributed by atoms with van der Waals surface area (Å²) in [6.45, 7) is 0. The molecule has 0 fully saturated rings. The highest BCUT2D eigenvalue weighted by atomic mass is 127. The van der Waals surface area contributed by atoms with E-state index in [1.165, 1.54) is 17.4 Å². The molecule has 3 N–H and O–H groups in total. The van der Waals surface area contributed by atoms with Gasteiger partial charge in [0.25, 0.3) is 0 Å². The molecule has 0 spiro atoms. The smallest absolute Gasteiger partial charge is 0.271 e. The van der Waals surface area contributed by atoms with Crippen molar-refractivity contribution in [3.05, 3.63) is 55.0 Å². The molecule has 0 radical (unpaired) electrons. The third-order valence-electron chi connectivity index (χ3n) is 2.72. The monoisotopic (exact) mass is 416 g/mol. The number of nitrogens with two attached hydrogens (primary N) is 1. The van der Waals surface area contributed by atoms with Gasteiger partial charge in [-0.2, -0.15) is 13.2 Å². The molecule has 2 aromatic rings. The first-order valence-electron chi connectivity index (χ1n) is 5.39. The Hall–Kier alpha value is -0.710. The first kappa shape index (κ1) is 15.7. The second-order valence-electron chi connectivity index (χ2n) is 4.02. The Bertz CT molecular complexity index is 612. The van der Waals surface area contributed by atoms with E-state index in [1.54, 1.807) is 0 Å². The second-order valence-corrected chi connectivity index (χ2v) is 6.83. The van der Waals surface area contributed by atoms with Gasteiger partial charge in [-0.3, -0.25) is 5.84 Å². The molecular formula is C12H9F4IN2S. The van der Waals surface area contributed by atoms with Gasteiger partial charge in [0.2, 0.25) is 0 Å². The van der Waals surface area contributed by atoms with Gasteiger partial charge < -0.3 is 0 Å². The standard InChI is InChI=1S/C12H9F4IN2S/c13-9-3-6(1-2-8(9)12(14,15)16)11(19-18)7-4-10(17)20-5-7/h1-5,11,19H,18H2. The highest BCUT2D eigenvalue weighted by Gasteiger charge is 2.34. The van der Waals surface area contributed by atoms with Crippen molar-refractivity contribution in [1.29, 1.82) is 0 Å². The number of thiophene rings is 1. The average molecular weight is 416 g/mol. The highest BCUT2D eigenvalue weighted by Crippen LogP contribution is 2.34. The molecule has 0 aliphatic heterocycles. The Morgan fingerprint density at radius 3 is 2.35 bits per heavy atom. The molecule has 2 nitrogen and oxygen atoms in total. The summed E-state index contributed by atoms with van der Waals surface area (Å²) in [6, 6.07) is 4.10. The number of alkyl halides is 3. The van der Waals surface area contributed by atoms with Crippen molar-refractivity contribution in [2.45, 2.75) is 12.2 Å². The van der Waals surface area contributed by atoms with Crippen LogP contribution < -0.4 is 11.3 Å². The van der Waals surface area contributed by atoms with E-state index in [2.05, 4.69) is 28.0 Å². The highest BCUT2D eigenvalue weighted by molar-refractivity contribution is 14.1. The van der Waals surface area contributed by atoms with Crippen LogP contribution in [0, 0.1) is 8.70 Å². The fraction of sp³-hybridized carbons (Fsp3) is 0.167. The molecule has 0 amide bonds. The van der Waals surface area contributed by atoms with E-state index in [9.17, 15) is 17.6 Å². The molecule has 0 aliphatic carbocycles. The second kappa shape index (κ2) is 5.96. The Kier molecular flexibility index (Phi) is 4.67. The van der Waals surface area contributed by atoms with Gasteiger partial charge in [-0.25, -0.2) is 9.82 Å². The number of rotatable bonds is 3. The zero-order valence-corrected chi connectivity index (χ0v) is 12.8. The van der Waals surface area contributed by atoms with E-state index in [4.69, 9.17) is 5.84 Å². The molecule has 1 atom stereocenters. The Morgan fingerprint density at radius 2 is 1.90 bits per heavy atom. The van der Waals surface area contributed by atoms with E-state index >= 15 is 0 Å². The van der Waals surface area contributed by atoms with E-state index in [1.807, 2.05) is 11.4 Å². The first-order chi connectivity index (χ1) is 9.32. The van der Waals surface area contributed by atoms with Gasteiger partial charge in [0, 0.05) is 0 Å². The summed E-state index contributed by atoms with van der Waals surface area (Å²) in [5.41, 5.74) is 2.33. The number of hydrogen-bond acceptors (Lipinski definition) is 3. The molecule has 0 saturated carbocycles. The molecule has 1 aromatic heterocycles.